The minimum absolute atomic E-state index is 0.00299. The van der Waals surface area contributed by atoms with Gasteiger partial charge < -0.3 is 15.5 Å². The lowest BCUT2D eigenvalue weighted by Crippen LogP contribution is -2.47. The molecule has 0 saturated carbocycles. The van der Waals surface area contributed by atoms with Crippen LogP contribution < -0.4 is 5.32 Å². The first kappa shape index (κ1) is 30.5. The van der Waals surface area contributed by atoms with Crippen molar-refractivity contribution >= 4 is 39.2 Å². The molecule has 40 heavy (non-hydrogen) atoms. The molecular formula is C30H34Cl2N2O5S. The summed E-state index contributed by atoms with van der Waals surface area (Å²) in [5.74, 6) is -0.649. The highest BCUT2D eigenvalue weighted by Gasteiger charge is 2.29. The van der Waals surface area contributed by atoms with Crippen molar-refractivity contribution in [3.63, 3.8) is 0 Å². The number of fused-ring (bicyclic) bond motifs is 1. The molecule has 4 rings (SSSR count). The number of nitrogens with zero attached hydrogens (tertiary/aromatic N) is 1. The Kier molecular flexibility index (Phi) is 9.29. The Bertz CT molecular complexity index is 1460. The Labute approximate surface area is 245 Å². The van der Waals surface area contributed by atoms with E-state index in [9.17, 15) is 23.4 Å². The van der Waals surface area contributed by atoms with Crippen LogP contribution in [0.15, 0.2) is 65.6 Å². The summed E-state index contributed by atoms with van der Waals surface area (Å²) in [6.45, 7) is 4.36. The van der Waals surface area contributed by atoms with Gasteiger partial charge in [-0.15, -0.1) is 0 Å². The predicted molar refractivity (Wildman–Crippen MR) is 159 cm³/mol. The Morgan fingerprint density at radius 3 is 2.23 bits per heavy atom. The maximum absolute atomic E-state index is 13.4. The van der Waals surface area contributed by atoms with Crippen molar-refractivity contribution in [2.45, 2.75) is 49.6 Å². The summed E-state index contributed by atoms with van der Waals surface area (Å²) in [6.07, 6.45) is 2.11. The molecule has 0 unspecified atom stereocenters. The molecule has 0 radical (unpaired) electrons. The van der Waals surface area contributed by atoms with Crippen LogP contribution >= 0.6 is 23.2 Å². The number of carbonyl (C=O) groups is 1. The molecule has 1 aliphatic carbocycles. The van der Waals surface area contributed by atoms with Crippen molar-refractivity contribution < 1.29 is 23.4 Å². The summed E-state index contributed by atoms with van der Waals surface area (Å²) in [5, 5.41) is 23.6. The fourth-order valence-corrected chi connectivity index (χ4v) is 7.37. The normalized spacial score (nSPS) is 14.9. The highest BCUT2D eigenvalue weighted by atomic mass is 35.5. The number of benzene rings is 3. The predicted octanol–water partition coefficient (Wildman–Crippen LogP) is 5.51. The molecule has 0 spiro atoms. The first-order chi connectivity index (χ1) is 18.8. The Morgan fingerprint density at radius 2 is 1.65 bits per heavy atom. The van der Waals surface area contributed by atoms with Gasteiger partial charge in [-0.25, -0.2) is 13.2 Å². The summed E-state index contributed by atoms with van der Waals surface area (Å²) in [7, 11) is -2.53. The molecule has 0 aliphatic heterocycles. The van der Waals surface area contributed by atoms with Crippen molar-refractivity contribution in [1.82, 2.24) is 9.62 Å². The number of aliphatic hydroxyl groups is 1. The summed E-state index contributed by atoms with van der Waals surface area (Å²) >= 11 is 12.6. The van der Waals surface area contributed by atoms with Gasteiger partial charge in [-0.05, 0) is 80.0 Å². The number of aromatic carboxylic acids is 1. The van der Waals surface area contributed by atoms with Crippen molar-refractivity contribution in [2.24, 2.45) is 5.92 Å². The fourth-order valence-electron chi connectivity index (χ4n) is 5.41. The Balaban J connectivity index is 1.38. The molecule has 214 valence electrons. The van der Waals surface area contributed by atoms with Crippen LogP contribution in [0.3, 0.4) is 0 Å². The van der Waals surface area contributed by atoms with Gasteiger partial charge in [0.25, 0.3) is 0 Å². The molecule has 1 atom stereocenters. The topological polar surface area (TPSA) is 107 Å². The van der Waals surface area contributed by atoms with Gasteiger partial charge in [0.2, 0.25) is 10.0 Å². The van der Waals surface area contributed by atoms with Gasteiger partial charge in [0, 0.05) is 31.2 Å². The molecule has 0 heterocycles. The van der Waals surface area contributed by atoms with Crippen molar-refractivity contribution in [1.29, 1.82) is 0 Å². The quantitative estimate of drug-likeness (QED) is 0.266. The van der Waals surface area contributed by atoms with Crippen LogP contribution in [0, 0.1) is 5.92 Å². The van der Waals surface area contributed by atoms with E-state index in [0.29, 0.717) is 17.0 Å². The van der Waals surface area contributed by atoms with E-state index < -0.39 is 22.1 Å². The van der Waals surface area contributed by atoms with Gasteiger partial charge in [-0.3, -0.25) is 0 Å². The third-order valence-corrected chi connectivity index (χ3v) is 9.75. The van der Waals surface area contributed by atoms with E-state index >= 15 is 0 Å². The SMILES string of the molecule is CN(C[C@H](O)CNC(C)(C)CC1Cc2ccccc2C1)S(=O)(=O)c1cccc(-c2c(Cl)cc(C(=O)O)cc2Cl)c1. The number of β-amino-alcohol motifs (C(OH)–C–C–N with tert-alkyl or cyclic N) is 1. The van der Waals surface area contributed by atoms with E-state index in [0.717, 1.165) is 23.6 Å². The average Bonchev–Trinajstić information content (AvgIpc) is 3.28. The van der Waals surface area contributed by atoms with Gasteiger partial charge in [-0.1, -0.05) is 59.6 Å². The fraction of sp³-hybridized carbons (Fsp3) is 0.367. The zero-order chi connectivity index (χ0) is 29.2. The van der Waals surface area contributed by atoms with E-state index in [1.807, 2.05) is 0 Å². The zero-order valence-electron chi connectivity index (χ0n) is 22.7. The van der Waals surface area contributed by atoms with Crippen molar-refractivity contribution in [3.05, 3.63) is 87.4 Å². The first-order valence-electron chi connectivity index (χ1n) is 13.1. The molecule has 3 aromatic carbocycles. The van der Waals surface area contributed by atoms with Gasteiger partial charge >= 0.3 is 5.97 Å². The number of carboxylic acids is 1. The number of nitrogens with one attached hydrogen (secondary N) is 1. The largest absolute Gasteiger partial charge is 0.478 e. The molecule has 3 N–H and O–H groups in total. The smallest absolute Gasteiger partial charge is 0.335 e. The van der Waals surface area contributed by atoms with Crippen molar-refractivity contribution in [2.75, 3.05) is 20.1 Å². The van der Waals surface area contributed by atoms with Gasteiger partial charge in [-0.2, -0.15) is 4.31 Å². The number of carboxylic acid groups (broad SMARTS) is 1. The van der Waals surface area contributed by atoms with Crippen LogP contribution in [0.1, 0.15) is 41.8 Å². The highest BCUT2D eigenvalue weighted by Crippen LogP contribution is 2.37. The van der Waals surface area contributed by atoms with E-state index in [4.69, 9.17) is 23.2 Å². The summed E-state index contributed by atoms with van der Waals surface area (Å²) in [4.78, 5) is 11.3. The Hall–Kier alpha value is -2.46. The number of aliphatic hydroxyl groups excluding tert-OH is 1. The number of sulfonamides is 1. The van der Waals surface area contributed by atoms with Gasteiger partial charge in [0.1, 0.15) is 0 Å². The average molecular weight is 606 g/mol. The van der Waals surface area contributed by atoms with Crippen molar-refractivity contribution in [3.8, 4) is 11.1 Å². The summed E-state index contributed by atoms with van der Waals surface area (Å²) < 4.78 is 27.8. The van der Waals surface area contributed by atoms with Crippen LogP contribution in [0.25, 0.3) is 11.1 Å². The number of likely N-dealkylation sites (N-methyl/N-ethyl adjacent to an activating group) is 1. The first-order valence-corrected chi connectivity index (χ1v) is 15.3. The molecule has 0 saturated heterocycles. The molecule has 0 bridgehead atoms. The lowest BCUT2D eigenvalue weighted by molar-refractivity contribution is 0.0697. The summed E-state index contributed by atoms with van der Waals surface area (Å²) in [6, 6.07) is 17.2. The molecule has 0 aromatic heterocycles. The van der Waals surface area contributed by atoms with Crippen LogP contribution in [-0.2, 0) is 22.9 Å². The van der Waals surface area contributed by atoms with E-state index in [2.05, 4.69) is 43.4 Å². The zero-order valence-corrected chi connectivity index (χ0v) is 25.0. The molecule has 0 amide bonds. The third kappa shape index (κ3) is 7.05. The highest BCUT2D eigenvalue weighted by molar-refractivity contribution is 7.89. The second-order valence-corrected chi connectivity index (χ2v) is 14.0. The van der Waals surface area contributed by atoms with Crippen LogP contribution in [0.4, 0.5) is 0 Å². The minimum Gasteiger partial charge on any atom is -0.478 e. The molecule has 0 fully saturated rings. The van der Waals surface area contributed by atoms with Gasteiger partial charge in [0.05, 0.1) is 26.6 Å². The second kappa shape index (κ2) is 12.2. The molecular weight excluding hydrogens is 571 g/mol. The molecule has 7 nitrogen and oxygen atoms in total. The standard InChI is InChI=1S/C30H34Cl2N2O5S/c1-30(2,16-19-11-20-7-4-5-8-21(20)12-19)33-17-24(35)18-34(3)40(38,39)25-10-6-9-22(13-25)28-26(31)14-23(29(36)37)15-27(28)32/h4-10,13-15,19,24,33,35H,11-12,16-18H2,1-3H3,(H,36,37)/t24-/m1/s1. The summed E-state index contributed by atoms with van der Waals surface area (Å²) in [5.41, 5.74) is 3.28. The number of hydrogen-bond acceptors (Lipinski definition) is 5. The number of halogens is 2. The van der Waals surface area contributed by atoms with Gasteiger partial charge in [0.15, 0.2) is 0 Å². The van der Waals surface area contributed by atoms with Crippen LogP contribution in [0.5, 0.6) is 0 Å². The third-order valence-electron chi connectivity index (χ3n) is 7.34. The van der Waals surface area contributed by atoms with Crippen LogP contribution in [0.2, 0.25) is 10.0 Å². The molecule has 3 aromatic rings. The van der Waals surface area contributed by atoms with Crippen LogP contribution in [-0.4, -0.2) is 60.7 Å². The van der Waals surface area contributed by atoms with E-state index in [-0.39, 0.29) is 39.1 Å². The second-order valence-electron chi connectivity index (χ2n) is 11.1. The Morgan fingerprint density at radius 1 is 1.05 bits per heavy atom. The molecule has 1 aliphatic rings. The lowest BCUT2D eigenvalue weighted by atomic mass is 9.88. The maximum Gasteiger partial charge on any atom is 0.335 e. The lowest BCUT2D eigenvalue weighted by Gasteiger charge is -2.31. The molecule has 10 heteroatoms. The minimum atomic E-state index is -3.95. The van der Waals surface area contributed by atoms with E-state index in [1.165, 1.54) is 42.4 Å². The van der Waals surface area contributed by atoms with E-state index in [1.54, 1.807) is 12.1 Å². The number of rotatable bonds is 11. The number of hydrogen-bond donors (Lipinski definition) is 3. The monoisotopic (exact) mass is 604 g/mol. The maximum atomic E-state index is 13.4.